The smallest absolute Gasteiger partial charge is 0.0596 e. The van der Waals surface area contributed by atoms with Gasteiger partial charge in [-0.2, -0.15) is 5.10 Å². The zero-order chi connectivity index (χ0) is 16.4. The molecule has 4 saturated carbocycles. The summed E-state index contributed by atoms with van der Waals surface area (Å²) in [6, 6.07) is 0. The average Bonchev–Trinajstić information content (AvgIpc) is 2.82. The molecular weight excluding hydrogens is 284 g/mol. The molecule has 8 atom stereocenters. The molecule has 0 amide bonds. The van der Waals surface area contributed by atoms with E-state index in [0.29, 0.717) is 11.3 Å². The Hall–Kier alpha value is -0.570. The van der Waals surface area contributed by atoms with Gasteiger partial charge in [-0.05, 0) is 91.8 Å². The summed E-state index contributed by atoms with van der Waals surface area (Å²) in [7, 11) is 0. The molecule has 3 nitrogen and oxygen atoms in total. The van der Waals surface area contributed by atoms with Crippen LogP contribution in [0.4, 0.5) is 0 Å². The Morgan fingerprint density at radius 2 is 1.78 bits per heavy atom. The molecule has 0 aromatic heterocycles. The number of hydrogen-bond acceptors (Lipinski definition) is 3. The van der Waals surface area contributed by atoms with Crippen LogP contribution in [0.25, 0.3) is 0 Å². The summed E-state index contributed by atoms with van der Waals surface area (Å²) in [6.45, 7) is 7.28. The first kappa shape index (κ1) is 15.9. The Kier molecular flexibility index (Phi) is 3.61. The van der Waals surface area contributed by atoms with Crippen LogP contribution in [0.5, 0.6) is 0 Å². The monoisotopic (exact) mass is 318 g/mol. The van der Waals surface area contributed by atoms with E-state index in [1.807, 2.05) is 0 Å². The van der Waals surface area contributed by atoms with Crippen molar-refractivity contribution in [3.05, 3.63) is 0 Å². The highest BCUT2D eigenvalue weighted by molar-refractivity contribution is 5.87. The van der Waals surface area contributed by atoms with Crippen molar-refractivity contribution in [2.75, 3.05) is 0 Å². The van der Waals surface area contributed by atoms with Gasteiger partial charge in [0.1, 0.15) is 0 Å². The van der Waals surface area contributed by atoms with E-state index < -0.39 is 0 Å². The Bertz CT molecular complexity index is 518. The van der Waals surface area contributed by atoms with Crippen molar-refractivity contribution in [2.45, 2.75) is 78.2 Å². The van der Waals surface area contributed by atoms with Gasteiger partial charge >= 0.3 is 0 Å². The highest BCUT2D eigenvalue weighted by Gasteiger charge is 2.60. The number of nitrogens with two attached hydrogens (primary N) is 1. The fraction of sp³-hybridized carbons (Fsp3) is 0.950. The molecule has 0 aliphatic heterocycles. The highest BCUT2D eigenvalue weighted by atomic mass is 16.3. The molecule has 3 heteroatoms. The van der Waals surface area contributed by atoms with Gasteiger partial charge in [-0.1, -0.05) is 20.8 Å². The summed E-state index contributed by atoms with van der Waals surface area (Å²) in [5.74, 6) is 9.43. The summed E-state index contributed by atoms with van der Waals surface area (Å²) in [4.78, 5) is 0. The van der Waals surface area contributed by atoms with Crippen LogP contribution in [0, 0.1) is 40.4 Å². The minimum atomic E-state index is -0.0553. The van der Waals surface area contributed by atoms with Crippen LogP contribution < -0.4 is 5.84 Å². The molecule has 0 aromatic rings. The van der Waals surface area contributed by atoms with Crippen LogP contribution in [-0.4, -0.2) is 16.9 Å². The van der Waals surface area contributed by atoms with Gasteiger partial charge in [-0.3, -0.25) is 0 Å². The molecule has 0 unspecified atom stereocenters. The SMILES string of the molecule is C[C@@H]1C[C@@]2(C)[C@H](CC[C@@H]3[C@H]4CC[C@H](O)[C@@]4(C)CC[C@@H]32)CC1=NN. The Balaban J connectivity index is 1.63. The first-order valence-corrected chi connectivity index (χ1v) is 9.85. The van der Waals surface area contributed by atoms with Crippen LogP contribution in [0.1, 0.15) is 72.1 Å². The van der Waals surface area contributed by atoms with E-state index in [9.17, 15) is 5.11 Å². The van der Waals surface area contributed by atoms with Crippen LogP contribution in [0.2, 0.25) is 0 Å². The van der Waals surface area contributed by atoms with Gasteiger partial charge in [-0.25, -0.2) is 0 Å². The summed E-state index contributed by atoms with van der Waals surface area (Å²) in [6.07, 6.45) is 9.88. The lowest BCUT2D eigenvalue weighted by Gasteiger charge is -2.61. The van der Waals surface area contributed by atoms with E-state index in [-0.39, 0.29) is 11.5 Å². The average molecular weight is 319 g/mol. The second kappa shape index (κ2) is 5.21. The first-order chi connectivity index (χ1) is 10.9. The number of nitrogens with zero attached hydrogens (tertiary/aromatic N) is 1. The van der Waals surface area contributed by atoms with Gasteiger partial charge in [0.2, 0.25) is 0 Å². The molecule has 3 N–H and O–H groups in total. The quantitative estimate of drug-likeness (QED) is 0.525. The third kappa shape index (κ3) is 2.08. The second-order valence-electron chi connectivity index (χ2n) is 9.72. The van der Waals surface area contributed by atoms with Gasteiger partial charge in [-0.15, -0.1) is 0 Å². The number of aliphatic hydroxyl groups is 1. The maximum Gasteiger partial charge on any atom is 0.0596 e. The maximum atomic E-state index is 10.5. The maximum absolute atomic E-state index is 10.5. The number of aliphatic hydroxyl groups excluding tert-OH is 1. The lowest BCUT2D eigenvalue weighted by molar-refractivity contribution is -0.116. The predicted octanol–water partition coefficient (Wildman–Crippen LogP) is 3.95. The van der Waals surface area contributed by atoms with Crippen molar-refractivity contribution in [2.24, 2.45) is 51.4 Å². The zero-order valence-corrected chi connectivity index (χ0v) is 15.1. The summed E-state index contributed by atoms with van der Waals surface area (Å²) in [5, 5.41) is 14.7. The predicted molar refractivity (Wildman–Crippen MR) is 93.9 cm³/mol. The van der Waals surface area contributed by atoms with E-state index in [2.05, 4.69) is 25.9 Å². The van der Waals surface area contributed by atoms with Crippen LogP contribution in [0.3, 0.4) is 0 Å². The molecule has 0 spiro atoms. The van der Waals surface area contributed by atoms with Crippen LogP contribution in [0.15, 0.2) is 5.10 Å². The minimum absolute atomic E-state index is 0.0553. The van der Waals surface area contributed by atoms with Crippen LogP contribution in [-0.2, 0) is 0 Å². The molecule has 4 rings (SSSR count). The van der Waals surface area contributed by atoms with Crippen molar-refractivity contribution < 1.29 is 5.11 Å². The lowest BCUT2D eigenvalue weighted by atomic mass is 9.44. The van der Waals surface area contributed by atoms with Gasteiger partial charge in [0, 0.05) is 5.71 Å². The van der Waals surface area contributed by atoms with Gasteiger partial charge < -0.3 is 10.9 Å². The molecule has 130 valence electrons. The number of fused-ring (bicyclic) bond motifs is 5. The zero-order valence-electron chi connectivity index (χ0n) is 15.1. The molecule has 4 fully saturated rings. The Morgan fingerprint density at radius 1 is 1.04 bits per heavy atom. The van der Waals surface area contributed by atoms with E-state index in [1.165, 1.54) is 44.2 Å². The fourth-order valence-electron chi connectivity index (χ4n) is 7.57. The van der Waals surface area contributed by atoms with Crippen molar-refractivity contribution in [3.63, 3.8) is 0 Å². The fourth-order valence-corrected chi connectivity index (χ4v) is 7.57. The number of hydrazone groups is 1. The van der Waals surface area contributed by atoms with Gasteiger partial charge in [0.05, 0.1) is 6.10 Å². The Morgan fingerprint density at radius 3 is 2.52 bits per heavy atom. The summed E-state index contributed by atoms with van der Waals surface area (Å²) in [5.41, 5.74) is 1.92. The molecule has 0 saturated heterocycles. The van der Waals surface area contributed by atoms with Gasteiger partial charge in [0.15, 0.2) is 0 Å². The van der Waals surface area contributed by atoms with Crippen LogP contribution >= 0.6 is 0 Å². The van der Waals surface area contributed by atoms with E-state index in [1.54, 1.807) is 0 Å². The molecule has 0 aromatic carbocycles. The largest absolute Gasteiger partial charge is 0.393 e. The topological polar surface area (TPSA) is 58.6 Å². The van der Waals surface area contributed by atoms with E-state index >= 15 is 0 Å². The molecule has 23 heavy (non-hydrogen) atoms. The second-order valence-corrected chi connectivity index (χ2v) is 9.72. The third-order valence-electron chi connectivity index (χ3n) is 8.95. The van der Waals surface area contributed by atoms with Crippen molar-refractivity contribution in [1.82, 2.24) is 0 Å². The van der Waals surface area contributed by atoms with Gasteiger partial charge in [0.25, 0.3) is 0 Å². The molecule has 0 radical (unpaired) electrons. The number of hydrogen-bond donors (Lipinski definition) is 2. The Labute approximate surface area is 141 Å². The normalized spacial score (nSPS) is 57.7. The number of rotatable bonds is 0. The highest BCUT2D eigenvalue weighted by Crippen LogP contribution is 2.66. The summed E-state index contributed by atoms with van der Waals surface area (Å²) >= 11 is 0. The van der Waals surface area contributed by atoms with Crippen molar-refractivity contribution in [1.29, 1.82) is 0 Å². The standard InChI is InChI=1S/C20H34N2O/c1-12-11-20(3)13(10-17(12)22-21)4-5-14-15-6-7-18(23)19(15,2)9-8-16(14)20/h12-16,18,23H,4-11,21H2,1-3H3/t12-,13-,14-,15-,16+,18+,19+,20+/m1/s1. The third-order valence-corrected chi connectivity index (χ3v) is 8.95. The van der Waals surface area contributed by atoms with E-state index in [0.717, 1.165) is 36.5 Å². The molecule has 4 aliphatic rings. The van der Waals surface area contributed by atoms with Crippen molar-refractivity contribution >= 4 is 5.71 Å². The molecule has 0 bridgehead atoms. The molecule has 0 heterocycles. The lowest BCUT2D eigenvalue weighted by Crippen LogP contribution is -2.55. The first-order valence-electron chi connectivity index (χ1n) is 9.85. The van der Waals surface area contributed by atoms with E-state index in [4.69, 9.17) is 5.84 Å². The van der Waals surface area contributed by atoms with Crippen molar-refractivity contribution in [3.8, 4) is 0 Å². The molecule has 4 aliphatic carbocycles. The molecular formula is C20H34N2O. The summed E-state index contributed by atoms with van der Waals surface area (Å²) < 4.78 is 0. The minimum Gasteiger partial charge on any atom is -0.393 e.